The summed E-state index contributed by atoms with van der Waals surface area (Å²) >= 11 is 0. The number of hydrogen-bond donors (Lipinski definition) is 2. The van der Waals surface area contributed by atoms with Gasteiger partial charge in [-0.25, -0.2) is 4.98 Å². The van der Waals surface area contributed by atoms with Gasteiger partial charge in [-0.3, -0.25) is 4.99 Å². The van der Waals surface area contributed by atoms with Crippen LogP contribution in [0.4, 0.5) is 0 Å². The topological polar surface area (TPSA) is 54.2 Å². The number of guanidine groups is 1. The lowest BCUT2D eigenvalue weighted by Crippen LogP contribution is -2.38. The maximum atomic E-state index is 4.36. The Labute approximate surface area is 113 Å². The molecule has 0 amide bonds. The van der Waals surface area contributed by atoms with E-state index in [2.05, 4.69) is 37.8 Å². The highest BCUT2D eigenvalue weighted by Gasteiger charge is 2.01. The molecular weight excluding hydrogens is 238 g/mol. The number of hydrogen-bond acceptors (Lipinski definition) is 2. The van der Waals surface area contributed by atoms with Crippen molar-refractivity contribution in [3.05, 3.63) is 43.2 Å². The summed E-state index contributed by atoms with van der Waals surface area (Å²) in [4.78, 5) is 8.49. The predicted octanol–water partition coefficient (Wildman–Crippen LogP) is 1.39. The highest BCUT2D eigenvalue weighted by Crippen LogP contribution is 2.10. The van der Waals surface area contributed by atoms with Crippen molar-refractivity contribution in [1.82, 2.24) is 20.2 Å². The molecule has 2 aromatic rings. The Morgan fingerprint density at radius 2 is 2.26 bits per heavy atom. The molecule has 0 aliphatic heterocycles. The van der Waals surface area contributed by atoms with Crippen molar-refractivity contribution < 1.29 is 0 Å². The molecule has 5 heteroatoms. The van der Waals surface area contributed by atoms with Crippen LogP contribution in [0.1, 0.15) is 0 Å². The van der Waals surface area contributed by atoms with E-state index in [4.69, 9.17) is 0 Å². The second-order valence-electron chi connectivity index (χ2n) is 4.10. The highest BCUT2D eigenvalue weighted by molar-refractivity contribution is 5.79. The normalized spacial score (nSPS) is 11.5. The molecule has 0 spiro atoms. The van der Waals surface area contributed by atoms with E-state index < -0.39 is 0 Å². The number of para-hydroxylation sites is 2. The van der Waals surface area contributed by atoms with Crippen LogP contribution in [0.15, 0.2) is 48.2 Å². The van der Waals surface area contributed by atoms with E-state index in [-0.39, 0.29) is 0 Å². The first-order valence-electron chi connectivity index (χ1n) is 6.30. The first-order chi connectivity index (χ1) is 9.35. The number of rotatable bonds is 5. The average molecular weight is 257 g/mol. The quantitative estimate of drug-likeness (QED) is 0.483. The SMILES string of the molecule is C=CCNC(=NC)NCCn1cnc2ccccc21. The summed E-state index contributed by atoms with van der Waals surface area (Å²) in [5, 5.41) is 6.38. The third-order valence-corrected chi connectivity index (χ3v) is 2.81. The van der Waals surface area contributed by atoms with Gasteiger partial charge < -0.3 is 15.2 Å². The third-order valence-electron chi connectivity index (χ3n) is 2.81. The monoisotopic (exact) mass is 257 g/mol. The van der Waals surface area contributed by atoms with Gasteiger partial charge in [0.25, 0.3) is 0 Å². The van der Waals surface area contributed by atoms with Crippen LogP contribution in [0, 0.1) is 0 Å². The molecule has 0 atom stereocenters. The molecule has 19 heavy (non-hydrogen) atoms. The molecule has 5 nitrogen and oxygen atoms in total. The van der Waals surface area contributed by atoms with Gasteiger partial charge in [0.05, 0.1) is 17.4 Å². The fourth-order valence-electron chi connectivity index (χ4n) is 1.87. The lowest BCUT2D eigenvalue weighted by Gasteiger charge is -2.11. The lowest BCUT2D eigenvalue weighted by molar-refractivity contribution is 0.680. The molecule has 0 bridgehead atoms. The molecule has 1 aromatic heterocycles. The Bertz CT molecular complexity index is 570. The van der Waals surface area contributed by atoms with Crippen molar-refractivity contribution in [3.63, 3.8) is 0 Å². The van der Waals surface area contributed by atoms with Gasteiger partial charge in [-0.1, -0.05) is 18.2 Å². The van der Waals surface area contributed by atoms with E-state index in [0.29, 0.717) is 6.54 Å². The Balaban J connectivity index is 1.90. The van der Waals surface area contributed by atoms with Gasteiger partial charge in [-0.15, -0.1) is 6.58 Å². The molecule has 0 aliphatic carbocycles. The largest absolute Gasteiger partial charge is 0.355 e. The zero-order valence-corrected chi connectivity index (χ0v) is 11.1. The molecule has 1 heterocycles. The molecule has 0 saturated carbocycles. The number of imidazole rings is 1. The smallest absolute Gasteiger partial charge is 0.191 e. The van der Waals surface area contributed by atoms with Gasteiger partial charge in [-0.05, 0) is 12.1 Å². The molecule has 0 aliphatic rings. The van der Waals surface area contributed by atoms with Crippen molar-refractivity contribution in [2.45, 2.75) is 6.54 Å². The fourth-order valence-corrected chi connectivity index (χ4v) is 1.87. The van der Waals surface area contributed by atoms with Crippen molar-refractivity contribution >= 4 is 17.0 Å². The van der Waals surface area contributed by atoms with Gasteiger partial charge in [0.15, 0.2) is 5.96 Å². The number of aliphatic imine (C=N–C) groups is 1. The zero-order valence-electron chi connectivity index (χ0n) is 11.1. The van der Waals surface area contributed by atoms with Gasteiger partial charge in [0.1, 0.15) is 0 Å². The molecule has 2 rings (SSSR count). The average Bonchev–Trinajstić information content (AvgIpc) is 2.86. The van der Waals surface area contributed by atoms with Crippen molar-refractivity contribution in [2.75, 3.05) is 20.1 Å². The van der Waals surface area contributed by atoms with Crippen LogP contribution in [0.25, 0.3) is 11.0 Å². The van der Waals surface area contributed by atoms with Crippen molar-refractivity contribution in [2.24, 2.45) is 4.99 Å². The minimum Gasteiger partial charge on any atom is -0.355 e. The minimum atomic E-state index is 0.702. The summed E-state index contributed by atoms with van der Waals surface area (Å²) in [6.45, 7) is 6.00. The molecular formula is C14H19N5. The number of benzene rings is 1. The van der Waals surface area contributed by atoms with E-state index in [1.807, 2.05) is 24.5 Å². The third kappa shape index (κ3) is 3.34. The Morgan fingerprint density at radius 3 is 3.05 bits per heavy atom. The van der Waals surface area contributed by atoms with E-state index in [9.17, 15) is 0 Å². The lowest BCUT2D eigenvalue weighted by atomic mass is 10.3. The van der Waals surface area contributed by atoms with Crippen LogP contribution in [-0.4, -0.2) is 35.6 Å². The van der Waals surface area contributed by atoms with Crippen LogP contribution in [0.3, 0.4) is 0 Å². The predicted molar refractivity (Wildman–Crippen MR) is 79.3 cm³/mol. The van der Waals surface area contributed by atoms with Crippen molar-refractivity contribution in [1.29, 1.82) is 0 Å². The highest BCUT2D eigenvalue weighted by atomic mass is 15.2. The number of nitrogens with one attached hydrogen (secondary N) is 2. The Morgan fingerprint density at radius 1 is 1.42 bits per heavy atom. The summed E-state index contributed by atoms with van der Waals surface area (Å²) < 4.78 is 2.13. The first-order valence-corrected chi connectivity index (χ1v) is 6.30. The van der Waals surface area contributed by atoms with E-state index >= 15 is 0 Å². The second-order valence-corrected chi connectivity index (χ2v) is 4.10. The molecule has 0 unspecified atom stereocenters. The molecule has 2 N–H and O–H groups in total. The Hall–Kier alpha value is -2.30. The molecule has 0 fully saturated rings. The summed E-state index contributed by atoms with van der Waals surface area (Å²) in [6.07, 6.45) is 3.67. The van der Waals surface area contributed by atoms with E-state index in [0.717, 1.165) is 30.1 Å². The Kier molecular flexibility index (Phi) is 4.55. The summed E-state index contributed by atoms with van der Waals surface area (Å²) in [7, 11) is 1.75. The van der Waals surface area contributed by atoms with Crippen molar-refractivity contribution in [3.8, 4) is 0 Å². The molecule has 0 radical (unpaired) electrons. The summed E-state index contributed by atoms with van der Waals surface area (Å²) in [5.74, 6) is 0.782. The number of aromatic nitrogens is 2. The maximum Gasteiger partial charge on any atom is 0.191 e. The number of nitrogens with zero attached hydrogens (tertiary/aromatic N) is 3. The molecule has 1 aromatic carbocycles. The van der Waals surface area contributed by atoms with Crippen LogP contribution in [-0.2, 0) is 6.54 Å². The standard InChI is InChI=1S/C14H19N5/c1-3-8-16-14(15-2)17-9-10-19-11-18-12-6-4-5-7-13(12)19/h3-7,11H,1,8-10H2,2H3,(H2,15,16,17). The van der Waals surface area contributed by atoms with Gasteiger partial charge in [0, 0.05) is 26.7 Å². The van der Waals surface area contributed by atoms with Crippen LogP contribution in [0.5, 0.6) is 0 Å². The summed E-state index contributed by atoms with van der Waals surface area (Å²) in [6, 6.07) is 8.12. The van der Waals surface area contributed by atoms with E-state index in [1.165, 1.54) is 0 Å². The van der Waals surface area contributed by atoms with Crippen LogP contribution < -0.4 is 10.6 Å². The minimum absolute atomic E-state index is 0.702. The van der Waals surface area contributed by atoms with Gasteiger partial charge in [0.2, 0.25) is 0 Å². The number of fused-ring (bicyclic) bond motifs is 1. The van der Waals surface area contributed by atoms with Crippen LogP contribution >= 0.6 is 0 Å². The second kappa shape index (κ2) is 6.58. The molecule has 100 valence electrons. The van der Waals surface area contributed by atoms with Gasteiger partial charge in [-0.2, -0.15) is 0 Å². The molecule has 0 saturated heterocycles. The van der Waals surface area contributed by atoms with Crippen LogP contribution in [0.2, 0.25) is 0 Å². The maximum absolute atomic E-state index is 4.36. The fraction of sp³-hybridized carbons (Fsp3) is 0.286. The summed E-state index contributed by atoms with van der Waals surface area (Å²) in [5.41, 5.74) is 2.18. The van der Waals surface area contributed by atoms with E-state index in [1.54, 1.807) is 13.1 Å². The zero-order chi connectivity index (χ0) is 13.5. The van der Waals surface area contributed by atoms with Gasteiger partial charge >= 0.3 is 0 Å². The first kappa shape index (κ1) is 13.1.